The lowest BCUT2D eigenvalue weighted by atomic mass is 10.1. The van der Waals surface area contributed by atoms with E-state index in [4.69, 9.17) is 17.3 Å². The molecule has 0 spiro atoms. The van der Waals surface area contributed by atoms with E-state index in [1.807, 2.05) is 0 Å². The van der Waals surface area contributed by atoms with Crippen LogP contribution in [0.15, 0.2) is 30.3 Å². The summed E-state index contributed by atoms with van der Waals surface area (Å²) < 4.78 is 38.2. The molecule has 0 aliphatic heterocycles. The Kier molecular flexibility index (Phi) is 3.96. The first-order valence-corrected chi connectivity index (χ1v) is 6.03. The number of anilines is 2. The lowest BCUT2D eigenvalue weighted by Crippen LogP contribution is -2.17. The number of halogens is 4. The van der Waals surface area contributed by atoms with E-state index in [0.717, 1.165) is 12.1 Å². The van der Waals surface area contributed by atoms with Crippen molar-refractivity contribution in [3.8, 4) is 0 Å². The first-order valence-electron chi connectivity index (χ1n) is 5.65. The maximum absolute atomic E-state index is 12.7. The van der Waals surface area contributed by atoms with Crippen LogP contribution in [0.3, 0.4) is 0 Å². The Morgan fingerprint density at radius 2 is 1.90 bits per heavy atom. The highest BCUT2D eigenvalue weighted by atomic mass is 35.5. The summed E-state index contributed by atoms with van der Waals surface area (Å²) in [7, 11) is 0. The molecule has 0 saturated heterocycles. The maximum atomic E-state index is 12.7. The highest BCUT2D eigenvalue weighted by molar-refractivity contribution is 6.33. The highest BCUT2D eigenvalue weighted by Gasteiger charge is 2.34. The lowest BCUT2D eigenvalue weighted by molar-refractivity contribution is -0.136. The van der Waals surface area contributed by atoms with E-state index in [2.05, 4.69) is 17.4 Å². The van der Waals surface area contributed by atoms with Crippen LogP contribution < -0.4 is 11.1 Å². The molecule has 2 aromatic rings. The van der Waals surface area contributed by atoms with Gasteiger partial charge in [-0.2, -0.15) is 13.2 Å². The molecule has 2 rings (SSSR count). The topological polar surface area (TPSA) is 55.1 Å². The lowest BCUT2D eigenvalue weighted by Gasteiger charge is -2.13. The molecule has 3 N–H and O–H groups in total. The number of nitrogen functional groups attached to an aromatic ring is 1. The van der Waals surface area contributed by atoms with Gasteiger partial charge in [0.05, 0.1) is 27.5 Å². The molecular formula is C14H8ClF3N2O. The number of benzene rings is 1. The minimum absolute atomic E-state index is 0.188. The largest absolute Gasteiger partial charge is 0.418 e. The summed E-state index contributed by atoms with van der Waals surface area (Å²) in [6, 6.07) is 11.0. The van der Waals surface area contributed by atoms with E-state index in [1.54, 1.807) is 0 Å². The van der Waals surface area contributed by atoms with Crippen molar-refractivity contribution < 1.29 is 18.0 Å². The Morgan fingerprint density at radius 3 is 2.52 bits per heavy atom. The van der Waals surface area contributed by atoms with Gasteiger partial charge < -0.3 is 11.1 Å². The molecule has 0 bridgehead atoms. The van der Waals surface area contributed by atoms with E-state index in [-0.39, 0.29) is 16.3 Å². The van der Waals surface area contributed by atoms with Crippen molar-refractivity contribution in [3.05, 3.63) is 58.6 Å². The SMILES string of the molecule is Nc1c(C(=O)Nc2cc#ccc2Cl)cccc1C(F)(F)F. The molecule has 7 heteroatoms. The number of para-hydroxylation sites is 1. The van der Waals surface area contributed by atoms with Crippen LogP contribution >= 0.6 is 11.6 Å². The van der Waals surface area contributed by atoms with E-state index in [9.17, 15) is 18.0 Å². The van der Waals surface area contributed by atoms with Crippen molar-refractivity contribution in [3.63, 3.8) is 0 Å². The standard InChI is InChI=1S/C14H8ClF3N2O/c15-10-6-1-2-7-11(10)20-13(21)8-4-3-5-9(12(8)19)14(16,17)18/h3-7H,19H2,(H,20,21). The molecule has 2 aromatic carbocycles. The second-order valence-electron chi connectivity index (χ2n) is 4.06. The molecule has 0 fully saturated rings. The van der Waals surface area contributed by atoms with Gasteiger partial charge in [0.25, 0.3) is 5.91 Å². The van der Waals surface area contributed by atoms with Gasteiger partial charge in [-0.15, -0.1) is 0 Å². The minimum Gasteiger partial charge on any atom is -0.398 e. The Morgan fingerprint density at radius 1 is 1.24 bits per heavy atom. The Bertz CT molecular complexity index is 686. The summed E-state index contributed by atoms with van der Waals surface area (Å²) in [6.07, 6.45) is -4.63. The Labute approximate surface area is 123 Å². The normalized spacial score (nSPS) is 10.9. The van der Waals surface area contributed by atoms with Crippen LogP contribution in [0.25, 0.3) is 0 Å². The fraction of sp³-hybridized carbons (Fsp3) is 0.0714. The van der Waals surface area contributed by atoms with Gasteiger partial charge in [-0.25, -0.2) is 0 Å². The minimum atomic E-state index is -4.63. The monoisotopic (exact) mass is 312 g/mol. The van der Waals surface area contributed by atoms with Gasteiger partial charge in [0.1, 0.15) is 0 Å². The van der Waals surface area contributed by atoms with Crippen LogP contribution in [0.4, 0.5) is 24.5 Å². The Balaban J connectivity index is 2.35. The molecular weight excluding hydrogens is 305 g/mol. The summed E-state index contributed by atoms with van der Waals surface area (Å²) in [5.41, 5.74) is 3.66. The number of amides is 1. The maximum Gasteiger partial charge on any atom is 0.418 e. The Hall–Kier alpha value is -2.39. The third kappa shape index (κ3) is 3.20. The number of nitrogens with two attached hydrogens (primary N) is 1. The zero-order chi connectivity index (χ0) is 15.6. The molecule has 0 radical (unpaired) electrons. The number of nitrogens with one attached hydrogen (secondary N) is 1. The van der Waals surface area contributed by atoms with Crippen LogP contribution in [0, 0.1) is 12.1 Å². The first-order chi connectivity index (χ1) is 9.80. The van der Waals surface area contributed by atoms with Crippen LogP contribution in [0.2, 0.25) is 5.02 Å². The van der Waals surface area contributed by atoms with Crippen molar-refractivity contribution in [1.29, 1.82) is 0 Å². The van der Waals surface area contributed by atoms with Gasteiger partial charge >= 0.3 is 6.18 Å². The summed E-state index contributed by atoms with van der Waals surface area (Å²) >= 11 is 5.82. The second kappa shape index (κ2) is 5.54. The number of carbonyl (C=O) groups excluding carboxylic acids is 1. The van der Waals surface area contributed by atoms with Gasteiger partial charge in [-0.1, -0.05) is 29.8 Å². The van der Waals surface area contributed by atoms with Crippen molar-refractivity contribution in [1.82, 2.24) is 0 Å². The van der Waals surface area contributed by atoms with E-state index < -0.39 is 23.3 Å². The molecule has 0 saturated carbocycles. The summed E-state index contributed by atoms with van der Waals surface area (Å²) in [4.78, 5) is 12.0. The quantitative estimate of drug-likeness (QED) is 0.829. The van der Waals surface area contributed by atoms with Gasteiger partial charge in [0, 0.05) is 12.1 Å². The molecule has 0 aliphatic carbocycles. The molecule has 0 atom stereocenters. The van der Waals surface area contributed by atoms with E-state index in [1.165, 1.54) is 18.2 Å². The number of alkyl halides is 3. The average Bonchev–Trinajstić information content (AvgIpc) is 2.40. The molecule has 0 heterocycles. The van der Waals surface area contributed by atoms with E-state index >= 15 is 0 Å². The second-order valence-corrected chi connectivity index (χ2v) is 4.46. The average molecular weight is 313 g/mol. The molecule has 21 heavy (non-hydrogen) atoms. The predicted octanol–water partition coefficient (Wildman–Crippen LogP) is 3.79. The summed E-state index contributed by atoms with van der Waals surface area (Å²) in [6.45, 7) is 0. The van der Waals surface area contributed by atoms with Crippen molar-refractivity contribution >= 4 is 28.9 Å². The van der Waals surface area contributed by atoms with Crippen LogP contribution in [-0.2, 0) is 6.18 Å². The van der Waals surface area contributed by atoms with Gasteiger partial charge in [0.2, 0.25) is 0 Å². The molecule has 0 aromatic heterocycles. The number of rotatable bonds is 2. The van der Waals surface area contributed by atoms with Gasteiger partial charge in [0.15, 0.2) is 0 Å². The number of hydrogen-bond acceptors (Lipinski definition) is 2. The number of hydrogen-bond donors (Lipinski definition) is 2. The summed E-state index contributed by atoms with van der Waals surface area (Å²) in [5.74, 6) is -0.792. The summed E-state index contributed by atoms with van der Waals surface area (Å²) in [5, 5.41) is 2.56. The zero-order valence-electron chi connectivity index (χ0n) is 10.4. The fourth-order valence-corrected chi connectivity index (χ4v) is 1.82. The van der Waals surface area contributed by atoms with Gasteiger partial charge in [-0.05, 0) is 12.1 Å². The van der Waals surface area contributed by atoms with E-state index in [0.29, 0.717) is 0 Å². The van der Waals surface area contributed by atoms with Gasteiger partial charge in [-0.3, -0.25) is 4.79 Å². The third-order valence-corrected chi connectivity index (χ3v) is 2.97. The van der Waals surface area contributed by atoms with Crippen molar-refractivity contribution in [2.24, 2.45) is 0 Å². The highest BCUT2D eigenvalue weighted by Crippen LogP contribution is 2.35. The molecule has 0 unspecified atom stereocenters. The number of carbonyl (C=O) groups is 1. The zero-order valence-corrected chi connectivity index (χ0v) is 11.1. The third-order valence-electron chi connectivity index (χ3n) is 2.66. The molecule has 108 valence electrons. The smallest absolute Gasteiger partial charge is 0.398 e. The van der Waals surface area contributed by atoms with Crippen LogP contribution in [0.1, 0.15) is 15.9 Å². The predicted molar refractivity (Wildman–Crippen MR) is 72.9 cm³/mol. The fourth-order valence-electron chi connectivity index (χ4n) is 1.66. The van der Waals surface area contributed by atoms with Crippen molar-refractivity contribution in [2.75, 3.05) is 11.1 Å². The molecule has 0 aliphatic rings. The van der Waals surface area contributed by atoms with Crippen LogP contribution in [0.5, 0.6) is 0 Å². The molecule has 1 amide bonds. The molecule has 3 nitrogen and oxygen atoms in total. The first kappa shape index (κ1) is 15.0. The van der Waals surface area contributed by atoms with Crippen molar-refractivity contribution in [2.45, 2.75) is 6.18 Å². The van der Waals surface area contributed by atoms with Crippen LogP contribution in [-0.4, -0.2) is 5.91 Å².